The van der Waals surface area contributed by atoms with Crippen LogP contribution in [-0.2, 0) is 0 Å². The highest BCUT2D eigenvalue weighted by molar-refractivity contribution is 5.85. The monoisotopic (exact) mass is 373 g/mol. The second-order valence-electron chi connectivity index (χ2n) is 8.35. The molecule has 0 aromatic heterocycles. The van der Waals surface area contributed by atoms with Gasteiger partial charge in [0.1, 0.15) is 0 Å². The Bertz CT molecular complexity index is 269. The van der Waals surface area contributed by atoms with Crippen LogP contribution in [0.25, 0.3) is 0 Å². The number of rotatable bonds is 14. The van der Waals surface area contributed by atoms with Crippen LogP contribution < -0.4 is 16.4 Å². The largest absolute Gasteiger partial charge is 0.330 e. The zero-order valence-electron chi connectivity index (χ0n) is 16.4. The fourth-order valence-electron chi connectivity index (χ4n) is 4.69. The molecule has 2 fully saturated rings. The van der Waals surface area contributed by atoms with E-state index in [4.69, 9.17) is 5.73 Å². The Morgan fingerprint density at radius 3 is 1.80 bits per heavy atom. The van der Waals surface area contributed by atoms with E-state index in [1.807, 2.05) is 0 Å². The summed E-state index contributed by atoms with van der Waals surface area (Å²) in [7, 11) is 0. The van der Waals surface area contributed by atoms with Crippen molar-refractivity contribution in [2.45, 2.75) is 95.9 Å². The summed E-state index contributed by atoms with van der Waals surface area (Å²) in [6, 6.07) is 0.773. The van der Waals surface area contributed by atoms with Gasteiger partial charge in [0.2, 0.25) is 0 Å². The maximum absolute atomic E-state index is 5.53. The second-order valence-corrected chi connectivity index (χ2v) is 8.35. The predicted molar refractivity (Wildman–Crippen MR) is 113 cm³/mol. The molecule has 0 aliphatic heterocycles. The molecule has 2 aliphatic carbocycles. The molecule has 2 aliphatic rings. The molecule has 0 atom stereocenters. The minimum atomic E-state index is 0. The van der Waals surface area contributed by atoms with E-state index in [0.29, 0.717) is 0 Å². The molecule has 4 heteroatoms. The molecule has 0 aromatic carbocycles. The molecule has 25 heavy (non-hydrogen) atoms. The van der Waals surface area contributed by atoms with E-state index in [9.17, 15) is 0 Å². The highest BCUT2D eigenvalue weighted by atomic mass is 35.5. The van der Waals surface area contributed by atoms with Gasteiger partial charge in [-0.2, -0.15) is 0 Å². The average molecular weight is 374 g/mol. The van der Waals surface area contributed by atoms with Crippen molar-refractivity contribution in [2.24, 2.45) is 17.6 Å². The van der Waals surface area contributed by atoms with Gasteiger partial charge in [-0.1, -0.05) is 51.4 Å². The SMILES string of the molecule is Cl.NCCCNCCCNC(CCC1CCCC1)CCC1CCCC1. The van der Waals surface area contributed by atoms with Gasteiger partial charge in [-0.25, -0.2) is 0 Å². The molecular formula is C21H44ClN3. The summed E-state index contributed by atoms with van der Waals surface area (Å²) in [6.07, 6.45) is 20.1. The van der Waals surface area contributed by atoms with Gasteiger partial charge in [-0.05, 0) is 76.5 Å². The van der Waals surface area contributed by atoms with Crippen LogP contribution in [0.2, 0.25) is 0 Å². The lowest BCUT2D eigenvalue weighted by Crippen LogP contribution is -2.32. The minimum Gasteiger partial charge on any atom is -0.330 e. The molecule has 150 valence electrons. The van der Waals surface area contributed by atoms with Crippen molar-refractivity contribution < 1.29 is 0 Å². The number of nitrogens with two attached hydrogens (primary N) is 1. The van der Waals surface area contributed by atoms with Crippen molar-refractivity contribution in [3.8, 4) is 0 Å². The number of nitrogens with one attached hydrogen (secondary N) is 2. The van der Waals surface area contributed by atoms with Gasteiger partial charge in [0, 0.05) is 6.04 Å². The Kier molecular flexibility index (Phi) is 14.2. The lowest BCUT2D eigenvalue weighted by molar-refractivity contribution is 0.355. The van der Waals surface area contributed by atoms with E-state index < -0.39 is 0 Å². The molecule has 0 saturated heterocycles. The zero-order valence-corrected chi connectivity index (χ0v) is 17.3. The van der Waals surface area contributed by atoms with Crippen molar-refractivity contribution in [2.75, 3.05) is 26.2 Å². The van der Waals surface area contributed by atoms with Gasteiger partial charge in [0.25, 0.3) is 0 Å². The third-order valence-corrected chi connectivity index (χ3v) is 6.32. The van der Waals surface area contributed by atoms with Gasteiger partial charge in [-0.15, -0.1) is 12.4 Å². The molecule has 0 unspecified atom stereocenters. The second kappa shape index (κ2) is 15.2. The summed E-state index contributed by atoms with van der Waals surface area (Å²) in [5.41, 5.74) is 5.53. The van der Waals surface area contributed by atoms with Crippen LogP contribution in [-0.4, -0.2) is 32.2 Å². The zero-order chi connectivity index (χ0) is 16.9. The van der Waals surface area contributed by atoms with E-state index >= 15 is 0 Å². The quantitative estimate of drug-likeness (QED) is 0.389. The van der Waals surface area contributed by atoms with Crippen molar-refractivity contribution in [3.05, 3.63) is 0 Å². The summed E-state index contributed by atoms with van der Waals surface area (Å²) >= 11 is 0. The molecule has 0 amide bonds. The topological polar surface area (TPSA) is 50.1 Å². The third kappa shape index (κ3) is 10.8. The fourth-order valence-corrected chi connectivity index (χ4v) is 4.69. The first-order valence-corrected chi connectivity index (χ1v) is 11.0. The van der Waals surface area contributed by atoms with Gasteiger partial charge >= 0.3 is 0 Å². The van der Waals surface area contributed by atoms with E-state index in [1.54, 1.807) is 0 Å². The number of halogens is 1. The van der Waals surface area contributed by atoms with Crippen LogP contribution in [0.15, 0.2) is 0 Å². The van der Waals surface area contributed by atoms with Crippen molar-refractivity contribution in [1.82, 2.24) is 10.6 Å². The van der Waals surface area contributed by atoms with Crippen molar-refractivity contribution >= 4 is 12.4 Å². The van der Waals surface area contributed by atoms with E-state index in [2.05, 4.69) is 10.6 Å². The summed E-state index contributed by atoms with van der Waals surface area (Å²) in [5, 5.41) is 7.39. The summed E-state index contributed by atoms with van der Waals surface area (Å²) in [5.74, 6) is 2.08. The van der Waals surface area contributed by atoms with Crippen LogP contribution in [0.3, 0.4) is 0 Å². The Balaban J connectivity index is 0.00000312. The normalized spacial score (nSPS) is 19.0. The van der Waals surface area contributed by atoms with Crippen LogP contribution in [0.1, 0.15) is 89.9 Å². The molecular weight excluding hydrogens is 330 g/mol. The first-order chi connectivity index (χ1) is 11.9. The van der Waals surface area contributed by atoms with E-state index in [0.717, 1.165) is 43.9 Å². The molecule has 4 N–H and O–H groups in total. The summed E-state index contributed by atoms with van der Waals surface area (Å²) in [4.78, 5) is 0. The lowest BCUT2D eigenvalue weighted by Gasteiger charge is -2.22. The Morgan fingerprint density at radius 1 is 0.760 bits per heavy atom. The lowest BCUT2D eigenvalue weighted by atomic mass is 9.93. The molecule has 2 rings (SSSR count). The molecule has 2 saturated carbocycles. The molecule has 0 radical (unpaired) electrons. The first-order valence-electron chi connectivity index (χ1n) is 11.0. The number of hydrogen-bond acceptors (Lipinski definition) is 3. The maximum Gasteiger partial charge on any atom is 0.00672 e. The highest BCUT2D eigenvalue weighted by Crippen LogP contribution is 2.31. The first kappa shape index (κ1) is 23.2. The van der Waals surface area contributed by atoms with Crippen LogP contribution in [0.4, 0.5) is 0 Å². The average Bonchev–Trinajstić information content (AvgIpc) is 3.29. The van der Waals surface area contributed by atoms with Crippen molar-refractivity contribution in [3.63, 3.8) is 0 Å². The maximum atomic E-state index is 5.53. The predicted octanol–water partition coefficient (Wildman–Crippen LogP) is 4.64. The molecule has 0 spiro atoms. The molecule has 0 bridgehead atoms. The summed E-state index contributed by atoms with van der Waals surface area (Å²) < 4.78 is 0. The van der Waals surface area contributed by atoms with Gasteiger partial charge in [0.05, 0.1) is 0 Å². The Labute approximate surface area is 163 Å². The van der Waals surface area contributed by atoms with Crippen LogP contribution in [0, 0.1) is 11.8 Å². The molecule has 3 nitrogen and oxygen atoms in total. The third-order valence-electron chi connectivity index (χ3n) is 6.32. The minimum absolute atomic E-state index is 0. The van der Waals surface area contributed by atoms with Crippen molar-refractivity contribution in [1.29, 1.82) is 0 Å². The van der Waals surface area contributed by atoms with Crippen LogP contribution in [0.5, 0.6) is 0 Å². The number of hydrogen-bond donors (Lipinski definition) is 3. The van der Waals surface area contributed by atoms with Crippen LogP contribution >= 0.6 is 12.4 Å². The molecule has 0 aromatic rings. The smallest absolute Gasteiger partial charge is 0.00672 e. The standard InChI is InChI=1S/C21H43N3.ClH/c22-15-5-16-23-17-6-18-24-21(13-11-19-7-1-2-8-19)14-12-20-9-3-4-10-20;/h19-21,23-24H,1-18,22H2;1H. The Hall–Kier alpha value is 0.170. The Morgan fingerprint density at radius 2 is 1.28 bits per heavy atom. The van der Waals surface area contributed by atoms with Gasteiger partial charge in [0.15, 0.2) is 0 Å². The fraction of sp³-hybridized carbons (Fsp3) is 1.00. The summed E-state index contributed by atoms with van der Waals surface area (Å²) in [6.45, 7) is 4.18. The van der Waals surface area contributed by atoms with Gasteiger partial charge < -0.3 is 16.4 Å². The highest BCUT2D eigenvalue weighted by Gasteiger charge is 2.20. The van der Waals surface area contributed by atoms with E-state index in [-0.39, 0.29) is 12.4 Å². The molecule has 0 heterocycles. The van der Waals surface area contributed by atoms with Gasteiger partial charge in [-0.3, -0.25) is 0 Å². The van der Waals surface area contributed by atoms with E-state index in [1.165, 1.54) is 90.0 Å².